The molecule has 0 bridgehead atoms. The van der Waals surface area contributed by atoms with E-state index in [9.17, 15) is 13.2 Å². The Morgan fingerprint density at radius 1 is 1.11 bits per heavy atom. The lowest BCUT2D eigenvalue weighted by Gasteiger charge is -2.31. The zero-order valence-electron chi connectivity index (χ0n) is 16.2. The van der Waals surface area contributed by atoms with Crippen LogP contribution >= 0.6 is 0 Å². The molecule has 0 saturated carbocycles. The molecule has 0 unspecified atom stereocenters. The summed E-state index contributed by atoms with van der Waals surface area (Å²) in [5.41, 5.74) is 2.07. The molecule has 1 aromatic carbocycles. The van der Waals surface area contributed by atoms with E-state index in [4.69, 9.17) is 0 Å². The van der Waals surface area contributed by atoms with Crippen molar-refractivity contribution in [1.82, 2.24) is 14.6 Å². The Labute approximate surface area is 167 Å². The zero-order chi connectivity index (χ0) is 20.0. The molecular weight excluding hydrogens is 374 g/mol. The van der Waals surface area contributed by atoms with E-state index in [0.29, 0.717) is 36.9 Å². The SMILES string of the molecule is Cc1ccc(S(=O)(=O)N2CCC(CCC(=O)NCc3ccncc3)CC2)cc1. The number of hydrogen-bond acceptors (Lipinski definition) is 4. The molecule has 2 heterocycles. The third-order valence-corrected chi connectivity index (χ3v) is 7.16. The van der Waals surface area contributed by atoms with Gasteiger partial charge in [0.1, 0.15) is 0 Å². The number of sulfonamides is 1. The lowest BCUT2D eigenvalue weighted by Crippen LogP contribution is -2.38. The second-order valence-electron chi connectivity index (χ2n) is 7.33. The summed E-state index contributed by atoms with van der Waals surface area (Å²) in [6, 6.07) is 10.7. The van der Waals surface area contributed by atoms with Gasteiger partial charge in [0.05, 0.1) is 4.90 Å². The predicted octanol–water partition coefficient (Wildman–Crippen LogP) is 2.89. The van der Waals surface area contributed by atoms with Crippen LogP contribution in [0, 0.1) is 12.8 Å². The topological polar surface area (TPSA) is 79.4 Å². The third-order valence-electron chi connectivity index (χ3n) is 5.25. The van der Waals surface area contributed by atoms with E-state index in [-0.39, 0.29) is 5.91 Å². The molecule has 1 saturated heterocycles. The summed E-state index contributed by atoms with van der Waals surface area (Å²) in [5.74, 6) is 0.419. The Hall–Kier alpha value is -2.25. The van der Waals surface area contributed by atoms with Gasteiger partial charge >= 0.3 is 0 Å². The van der Waals surface area contributed by atoms with E-state index in [1.54, 1.807) is 28.8 Å². The number of aromatic nitrogens is 1. The molecule has 1 aromatic heterocycles. The average molecular weight is 402 g/mol. The molecule has 1 fully saturated rings. The maximum atomic E-state index is 12.7. The third kappa shape index (κ3) is 5.39. The van der Waals surface area contributed by atoms with Crippen LogP contribution in [-0.4, -0.2) is 36.7 Å². The summed E-state index contributed by atoms with van der Waals surface area (Å²) in [4.78, 5) is 16.4. The van der Waals surface area contributed by atoms with Crippen LogP contribution in [-0.2, 0) is 21.4 Å². The highest BCUT2D eigenvalue weighted by molar-refractivity contribution is 7.89. The van der Waals surface area contributed by atoms with Crippen LogP contribution in [0.15, 0.2) is 53.7 Å². The van der Waals surface area contributed by atoms with Crippen molar-refractivity contribution >= 4 is 15.9 Å². The van der Waals surface area contributed by atoms with Gasteiger partial charge in [-0.05, 0) is 61.9 Å². The van der Waals surface area contributed by atoms with Crippen molar-refractivity contribution < 1.29 is 13.2 Å². The molecule has 1 N–H and O–H groups in total. The number of hydrogen-bond donors (Lipinski definition) is 1. The molecule has 0 atom stereocenters. The number of nitrogens with one attached hydrogen (secondary N) is 1. The Balaban J connectivity index is 1.42. The maximum Gasteiger partial charge on any atom is 0.243 e. The van der Waals surface area contributed by atoms with E-state index >= 15 is 0 Å². The van der Waals surface area contributed by atoms with Crippen LogP contribution in [0.4, 0.5) is 0 Å². The van der Waals surface area contributed by atoms with Gasteiger partial charge in [-0.25, -0.2) is 8.42 Å². The van der Waals surface area contributed by atoms with Gasteiger partial charge in [0.25, 0.3) is 0 Å². The van der Waals surface area contributed by atoms with E-state index < -0.39 is 10.0 Å². The fourth-order valence-corrected chi connectivity index (χ4v) is 4.89. The first-order valence-corrected chi connectivity index (χ1v) is 11.1. The van der Waals surface area contributed by atoms with Crippen molar-refractivity contribution in [2.24, 2.45) is 5.92 Å². The number of amides is 1. The van der Waals surface area contributed by atoms with Gasteiger partial charge in [0.15, 0.2) is 0 Å². The minimum absolute atomic E-state index is 0.0338. The van der Waals surface area contributed by atoms with E-state index in [1.807, 2.05) is 31.2 Å². The minimum Gasteiger partial charge on any atom is -0.352 e. The van der Waals surface area contributed by atoms with Crippen molar-refractivity contribution in [1.29, 1.82) is 0 Å². The van der Waals surface area contributed by atoms with E-state index in [2.05, 4.69) is 10.3 Å². The predicted molar refractivity (Wildman–Crippen MR) is 108 cm³/mol. The second-order valence-corrected chi connectivity index (χ2v) is 9.27. The van der Waals surface area contributed by atoms with Crippen molar-refractivity contribution in [2.45, 2.75) is 44.0 Å². The van der Waals surface area contributed by atoms with Gasteiger partial charge in [-0.2, -0.15) is 4.31 Å². The number of benzene rings is 1. The molecular formula is C21H27N3O3S. The first kappa shape index (κ1) is 20.5. The van der Waals surface area contributed by atoms with Crippen molar-refractivity contribution in [3.05, 3.63) is 59.9 Å². The minimum atomic E-state index is -3.42. The van der Waals surface area contributed by atoms with Gasteiger partial charge in [-0.15, -0.1) is 0 Å². The molecule has 0 spiro atoms. The Morgan fingerprint density at radius 2 is 1.75 bits per heavy atom. The van der Waals surface area contributed by atoms with Crippen molar-refractivity contribution in [2.75, 3.05) is 13.1 Å². The molecule has 7 heteroatoms. The summed E-state index contributed by atoms with van der Waals surface area (Å²) in [7, 11) is -3.42. The standard InChI is InChI=1S/C21H27N3O3S/c1-17-2-5-20(6-3-17)28(26,27)24-14-10-18(11-15-24)4-7-21(25)23-16-19-8-12-22-13-9-19/h2-3,5-6,8-9,12-13,18H,4,7,10-11,14-16H2,1H3,(H,23,25). The monoisotopic (exact) mass is 401 g/mol. The molecule has 0 radical (unpaired) electrons. The van der Waals surface area contributed by atoms with Crippen LogP contribution in [0.3, 0.4) is 0 Å². The van der Waals surface area contributed by atoms with Gasteiger partial charge in [-0.3, -0.25) is 9.78 Å². The average Bonchev–Trinajstić information content (AvgIpc) is 2.72. The fourth-order valence-electron chi connectivity index (χ4n) is 3.42. The van der Waals surface area contributed by atoms with E-state index in [0.717, 1.165) is 30.4 Å². The highest BCUT2D eigenvalue weighted by atomic mass is 32.2. The molecule has 1 amide bonds. The summed E-state index contributed by atoms with van der Waals surface area (Å²) < 4.78 is 27.1. The first-order chi connectivity index (χ1) is 13.4. The maximum absolute atomic E-state index is 12.7. The van der Waals surface area contributed by atoms with Crippen LogP contribution < -0.4 is 5.32 Å². The van der Waals surface area contributed by atoms with Gasteiger partial charge in [0, 0.05) is 38.4 Å². The van der Waals surface area contributed by atoms with Crippen LogP contribution in [0.1, 0.15) is 36.8 Å². The van der Waals surface area contributed by atoms with Crippen LogP contribution in [0.25, 0.3) is 0 Å². The highest BCUT2D eigenvalue weighted by Crippen LogP contribution is 2.26. The number of aryl methyl sites for hydroxylation is 1. The molecule has 6 nitrogen and oxygen atoms in total. The number of nitrogens with zero attached hydrogens (tertiary/aromatic N) is 2. The summed E-state index contributed by atoms with van der Waals surface area (Å²) >= 11 is 0. The van der Waals surface area contributed by atoms with Crippen LogP contribution in [0.5, 0.6) is 0 Å². The molecule has 1 aliphatic heterocycles. The number of carbonyl (C=O) groups is 1. The number of piperidine rings is 1. The zero-order valence-corrected chi connectivity index (χ0v) is 17.0. The number of rotatable bonds is 7. The van der Waals surface area contributed by atoms with Crippen molar-refractivity contribution in [3.63, 3.8) is 0 Å². The smallest absolute Gasteiger partial charge is 0.243 e. The molecule has 150 valence electrons. The first-order valence-electron chi connectivity index (χ1n) is 9.67. The summed E-state index contributed by atoms with van der Waals surface area (Å²) in [6.07, 6.45) is 6.27. The van der Waals surface area contributed by atoms with Crippen molar-refractivity contribution in [3.8, 4) is 0 Å². The largest absolute Gasteiger partial charge is 0.352 e. The van der Waals surface area contributed by atoms with Gasteiger partial charge in [0.2, 0.25) is 15.9 Å². The fraction of sp³-hybridized carbons (Fsp3) is 0.429. The Morgan fingerprint density at radius 3 is 2.39 bits per heavy atom. The number of carbonyl (C=O) groups excluding carboxylic acids is 1. The normalized spacial score (nSPS) is 16.0. The van der Waals surface area contributed by atoms with Crippen LogP contribution in [0.2, 0.25) is 0 Å². The lowest BCUT2D eigenvalue weighted by atomic mass is 9.93. The lowest BCUT2D eigenvalue weighted by molar-refractivity contribution is -0.121. The molecule has 0 aliphatic carbocycles. The number of pyridine rings is 1. The Bertz CT molecular complexity index is 875. The van der Waals surface area contributed by atoms with Gasteiger partial charge in [-0.1, -0.05) is 17.7 Å². The summed E-state index contributed by atoms with van der Waals surface area (Å²) in [5, 5.41) is 2.92. The Kier molecular flexibility index (Phi) is 6.80. The highest BCUT2D eigenvalue weighted by Gasteiger charge is 2.29. The molecule has 3 rings (SSSR count). The molecule has 1 aliphatic rings. The quantitative estimate of drug-likeness (QED) is 0.774. The second kappa shape index (κ2) is 9.30. The molecule has 28 heavy (non-hydrogen) atoms. The van der Waals surface area contributed by atoms with Gasteiger partial charge < -0.3 is 5.32 Å². The summed E-state index contributed by atoms with van der Waals surface area (Å²) in [6.45, 7) is 3.47. The molecule has 2 aromatic rings. The van der Waals surface area contributed by atoms with E-state index in [1.165, 1.54) is 0 Å².